The zero-order chi connectivity index (χ0) is 15.3. The second-order valence-corrected chi connectivity index (χ2v) is 5.78. The van der Waals surface area contributed by atoms with Gasteiger partial charge < -0.3 is 4.74 Å². The SMILES string of the molecule is C=C(Cl)CCCCCCCCCOC(=O)c1ccccc1. The molecular formula is C18H25ClO2. The Balaban J connectivity index is 1.91. The zero-order valence-corrected chi connectivity index (χ0v) is 13.4. The van der Waals surface area contributed by atoms with Crippen LogP contribution in [0.2, 0.25) is 0 Å². The van der Waals surface area contributed by atoms with Gasteiger partial charge in [-0.2, -0.15) is 0 Å². The second kappa shape index (κ2) is 11.4. The molecule has 0 spiro atoms. The molecule has 0 aliphatic rings. The summed E-state index contributed by atoms with van der Waals surface area (Å²) in [6.07, 6.45) is 9.02. The molecule has 21 heavy (non-hydrogen) atoms. The number of allylic oxidation sites excluding steroid dienone is 1. The van der Waals surface area contributed by atoms with Crippen molar-refractivity contribution in [3.05, 3.63) is 47.5 Å². The number of ether oxygens (including phenoxy) is 1. The summed E-state index contributed by atoms with van der Waals surface area (Å²) < 4.78 is 5.24. The van der Waals surface area contributed by atoms with E-state index in [1.54, 1.807) is 12.1 Å². The maximum absolute atomic E-state index is 11.7. The van der Waals surface area contributed by atoms with Crippen LogP contribution in [0, 0.1) is 0 Å². The molecule has 1 rings (SSSR count). The van der Waals surface area contributed by atoms with Crippen LogP contribution in [0.25, 0.3) is 0 Å². The van der Waals surface area contributed by atoms with E-state index < -0.39 is 0 Å². The standard InChI is InChI=1S/C18H25ClO2/c1-16(19)12-8-5-3-2-4-6-11-15-21-18(20)17-13-9-7-10-14-17/h7,9-10,13-14H,1-6,8,11-12,15H2. The minimum atomic E-state index is -0.225. The van der Waals surface area contributed by atoms with Crippen molar-refractivity contribution < 1.29 is 9.53 Å². The maximum atomic E-state index is 11.7. The predicted octanol–water partition coefficient (Wildman–Crippen LogP) is 5.72. The summed E-state index contributed by atoms with van der Waals surface area (Å²) >= 11 is 5.71. The van der Waals surface area contributed by atoms with Crippen molar-refractivity contribution in [1.29, 1.82) is 0 Å². The van der Waals surface area contributed by atoms with Gasteiger partial charge in [-0.15, -0.1) is 0 Å². The molecule has 116 valence electrons. The lowest BCUT2D eigenvalue weighted by Crippen LogP contribution is -2.06. The summed E-state index contributed by atoms with van der Waals surface area (Å²) in [6.45, 7) is 4.20. The van der Waals surface area contributed by atoms with Crippen LogP contribution in [0.15, 0.2) is 41.9 Å². The molecule has 0 saturated heterocycles. The first-order valence-corrected chi connectivity index (χ1v) is 8.13. The molecule has 0 unspecified atom stereocenters. The van der Waals surface area contributed by atoms with Crippen molar-refractivity contribution >= 4 is 17.6 Å². The monoisotopic (exact) mass is 308 g/mol. The average molecular weight is 309 g/mol. The third-order valence-corrected chi connectivity index (χ3v) is 3.52. The van der Waals surface area contributed by atoms with Gasteiger partial charge in [0, 0.05) is 5.03 Å². The summed E-state index contributed by atoms with van der Waals surface area (Å²) in [4.78, 5) is 11.7. The number of carbonyl (C=O) groups excluding carboxylic acids is 1. The average Bonchev–Trinajstić information content (AvgIpc) is 2.49. The third-order valence-electron chi connectivity index (χ3n) is 3.34. The molecule has 0 saturated carbocycles. The fraction of sp³-hybridized carbons (Fsp3) is 0.500. The summed E-state index contributed by atoms with van der Waals surface area (Å²) in [7, 11) is 0. The van der Waals surface area contributed by atoms with Gasteiger partial charge >= 0.3 is 5.97 Å². The number of esters is 1. The van der Waals surface area contributed by atoms with Gasteiger partial charge in [0.25, 0.3) is 0 Å². The van der Waals surface area contributed by atoms with Gasteiger partial charge in [-0.3, -0.25) is 0 Å². The number of halogens is 1. The first-order chi connectivity index (χ1) is 10.2. The molecule has 0 radical (unpaired) electrons. The topological polar surface area (TPSA) is 26.3 Å². The highest BCUT2D eigenvalue weighted by Crippen LogP contribution is 2.13. The molecule has 0 amide bonds. The van der Waals surface area contributed by atoms with E-state index in [9.17, 15) is 4.79 Å². The Morgan fingerprint density at radius 2 is 1.52 bits per heavy atom. The normalized spacial score (nSPS) is 10.3. The van der Waals surface area contributed by atoms with Gasteiger partial charge in [-0.1, -0.05) is 68.5 Å². The number of rotatable bonds is 11. The quantitative estimate of drug-likeness (QED) is 0.386. The molecule has 1 aromatic rings. The molecule has 0 bridgehead atoms. The van der Waals surface area contributed by atoms with E-state index in [1.807, 2.05) is 18.2 Å². The maximum Gasteiger partial charge on any atom is 0.338 e. The molecular weight excluding hydrogens is 284 g/mol. The molecule has 3 heteroatoms. The lowest BCUT2D eigenvalue weighted by atomic mass is 10.1. The number of carbonyl (C=O) groups is 1. The van der Waals surface area contributed by atoms with Crippen LogP contribution < -0.4 is 0 Å². The number of hydrogen-bond acceptors (Lipinski definition) is 2. The smallest absolute Gasteiger partial charge is 0.338 e. The predicted molar refractivity (Wildman–Crippen MR) is 88.7 cm³/mol. The Labute approximate surface area is 133 Å². The Morgan fingerprint density at radius 1 is 0.952 bits per heavy atom. The second-order valence-electron chi connectivity index (χ2n) is 5.24. The lowest BCUT2D eigenvalue weighted by Gasteiger charge is -2.05. The Bertz CT molecular complexity index is 414. The van der Waals surface area contributed by atoms with Crippen molar-refractivity contribution in [1.82, 2.24) is 0 Å². The van der Waals surface area contributed by atoms with Gasteiger partial charge in [0.05, 0.1) is 12.2 Å². The number of hydrogen-bond donors (Lipinski definition) is 0. The highest BCUT2D eigenvalue weighted by molar-refractivity contribution is 6.29. The van der Waals surface area contributed by atoms with Gasteiger partial charge in [-0.05, 0) is 31.4 Å². The van der Waals surface area contributed by atoms with Crippen molar-refractivity contribution in [2.75, 3.05) is 6.61 Å². The largest absolute Gasteiger partial charge is 0.462 e. The highest BCUT2D eigenvalue weighted by atomic mass is 35.5. The fourth-order valence-corrected chi connectivity index (χ4v) is 2.26. The van der Waals surface area contributed by atoms with Crippen molar-refractivity contribution in [2.45, 2.75) is 51.4 Å². The van der Waals surface area contributed by atoms with Crippen LogP contribution in [-0.2, 0) is 4.74 Å². The number of benzene rings is 1. The van der Waals surface area contributed by atoms with E-state index in [0.29, 0.717) is 12.2 Å². The van der Waals surface area contributed by atoms with E-state index in [4.69, 9.17) is 16.3 Å². The van der Waals surface area contributed by atoms with Crippen LogP contribution in [0.1, 0.15) is 61.7 Å². The van der Waals surface area contributed by atoms with Crippen LogP contribution in [-0.4, -0.2) is 12.6 Å². The molecule has 1 aromatic carbocycles. The van der Waals surface area contributed by atoms with Crippen molar-refractivity contribution in [3.63, 3.8) is 0 Å². The van der Waals surface area contributed by atoms with Crippen molar-refractivity contribution in [2.24, 2.45) is 0 Å². The van der Waals surface area contributed by atoms with Gasteiger partial charge in [0.15, 0.2) is 0 Å². The molecule has 0 aromatic heterocycles. The number of unbranched alkanes of at least 4 members (excludes halogenated alkanes) is 6. The molecule has 0 fully saturated rings. The molecule has 0 N–H and O–H groups in total. The van der Waals surface area contributed by atoms with E-state index in [0.717, 1.165) is 30.7 Å². The molecule has 0 aliphatic heterocycles. The van der Waals surface area contributed by atoms with Crippen molar-refractivity contribution in [3.8, 4) is 0 Å². The summed E-state index contributed by atoms with van der Waals surface area (Å²) in [5.41, 5.74) is 0.623. The first-order valence-electron chi connectivity index (χ1n) is 7.75. The van der Waals surface area contributed by atoms with Gasteiger partial charge in [0.1, 0.15) is 0 Å². The molecule has 2 nitrogen and oxygen atoms in total. The minimum Gasteiger partial charge on any atom is -0.462 e. The lowest BCUT2D eigenvalue weighted by molar-refractivity contribution is 0.0497. The van der Waals surface area contributed by atoms with E-state index in [2.05, 4.69) is 6.58 Å². The Morgan fingerprint density at radius 3 is 2.14 bits per heavy atom. The summed E-state index contributed by atoms with van der Waals surface area (Å²) in [6, 6.07) is 9.13. The Kier molecular flexibility index (Phi) is 9.64. The van der Waals surface area contributed by atoms with Crippen LogP contribution in [0.3, 0.4) is 0 Å². The molecule has 0 heterocycles. The summed E-state index contributed by atoms with van der Waals surface area (Å²) in [5, 5.41) is 0.759. The van der Waals surface area contributed by atoms with Crippen LogP contribution >= 0.6 is 11.6 Å². The van der Waals surface area contributed by atoms with E-state index in [-0.39, 0.29) is 5.97 Å². The molecule has 0 aliphatic carbocycles. The van der Waals surface area contributed by atoms with Gasteiger partial charge in [0.2, 0.25) is 0 Å². The van der Waals surface area contributed by atoms with Crippen LogP contribution in [0.5, 0.6) is 0 Å². The summed E-state index contributed by atoms with van der Waals surface area (Å²) in [5.74, 6) is -0.225. The first kappa shape index (κ1) is 17.8. The third kappa shape index (κ3) is 9.30. The molecule has 0 atom stereocenters. The van der Waals surface area contributed by atoms with E-state index >= 15 is 0 Å². The van der Waals surface area contributed by atoms with E-state index in [1.165, 1.54) is 25.7 Å². The zero-order valence-electron chi connectivity index (χ0n) is 12.7. The Hall–Kier alpha value is -1.28. The highest BCUT2D eigenvalue weighted by Gasteiger charge is 2.04. The minimum absolute atomic E-state index is 0.225. The fourth-order valence-electron chi connectivity index (χ4n) is 2.13. The van der Waals surface area contributed by atoms with Crippen LogP contribution in [0.4, 0.5) is 0 Å². The van der Waals surface area contributed by atoms with Gasteiger partial charge in [-0.25, -0.2) is 4.79 Å².